The van der Waals surface area contributed by atoms with Crippen molar-refractivity contribution in [1.29, 1.82) is 0 Å². The van der Waals surface area contributed by atoms with Crippen molar-refractivity contribution in [2.24, 2.45) is 0 Å². The number of rotatable bonds is 6. The van der Waals surface area contributed by atoms with E-state index in [1.165, 1.54) is 12.1 Å². The number of amides is 2. The van der Waals surface area contributed by atoms with Crippen molar-refractivity contribution in [2.45, 2.75) is 19.8 Å². The zero-order valence-electron chi connectivity index (χ0n) is 13.8. The van der Waals surface area contributed by atoms with Crippen LogP contribution in [0.1, 0.15) is 19.8 Å². The molecule has 0 unspecified atom stereocenters. The second-order valence-electron chi connectivity index (χ2n) is 5.70. The Balaban J connectivity index is 1.77. The van der Waals surface area contributed by atoms with Crippen molar-refractivity contribution in [2.75, 3.05) is 37.6 Å². The maximum atomic E-state index is 12.9. The lowest BCUT2D eigenvalue weighted by molar-refractivity contribution is -0.139. The Labute approximate surface area is 140 Å². The fourth-order valence-corrected chi connectivity index (χ4v) is 2.57. The van der Waals surface area contributed by atoms with Gasteiger partial charge in [0.25, 0.3) is 5.91 Å². The summed E-state index contributed by atoms with van der Waals surface area (Å²) in [5, 5.41) is 2.38. The Morgan fingerprint density at radius 3 is 2.29 bits per heavy atom. The summed E-state index contributed by atoms with van der Waals surface area (Å²) in [4.78, 5) is 38.7. The van der Waals surface area contributed by atoms with Crippen molar-refractivity contribution in [1.82, 2.24) is 10.2 Å². The van der Waals surface area contributed by atoms with Crippen LogP contribution in [0.15, 0.2) is 24.3 Å². The van der Waals surface area contributed by atoms with Crippen LogP contribution in [0.5, 0.6) is 0 Å². The van der Waals surface area contributed by atoms with E-state index in [4.69, 9.17) is 0 Å². The minimum Gasteiger partial charge on any atom is -0.368 e. The summed E-state index contributed by atoms with van der Waals surface area (Å²) in [6.45, 7) is 3.98. The molecule has 1 aliphatic rings. The van der Waals surface area contributed by atoms with E-state index in [0.717, 1.165) is 5.69 Å². The van der Waals surface area contributed by atoms with Gasteiger partial charge in [-0.2, -0.15) is 0 Å². The second kappa shape index (κ2) is 8.42. The van der Waals surface area contributed by atoms with Crippen molar-refractivity contribution >= 4 is 23.3 Å². The molecule has 0 atom stereocenters. The maximum Gasteiger partial charge on any atom is 0.287 e. The van der Waals surface area contributed by atoms with E-state index in [1.54, 1.807) is 17.0 Å². The second-order valence-corrected chi connectivity index (χ2v) is 5.70. The largest absolute Gasteiger partial charge is 0.368 e. The molecule has 1 N–H and O–H groups in total. The molecule has 1 heterocycles. The highest BCUT2D eigenvalue weighted by atomic mass is 19.1. The van der Waals surface area contributed by atoms with Gasteiger partial charge in [0.05, 0.1) is 6.54 Å². The van der Waals surface area contributed by atoms with Gasteiger partial charge < -0.3 is 15.1 Å². The number of anilines is 1. The molecular weight excluding hydrogens is 313 g/mol. The van der Waals surface area contributed by atoms with Gasteiger partial charge in [-0.1, -0.05) is 6.92 Å². The summed E-state index contributed by atoms with van der Waals surface area (Å²) >= 11 is 0. The molecule has 1 aliphatic heterocycles. The first kappa shape index (κ1) is 17.9. The Morgan fingerprint density at radius 1 is 1.08 bits per heavy atom. The summed E-state index contributed by atoms with van der Waals surface area (Å²) in [5.41, 5.74) is 0.918. The topological polar surface area (TPSA) is 69.7 Å². The number of halogens is 1. The highest BCUT2D eigenvalue weighted by molar-refractivity contribution is 6.36. The van der Waals surface area contributed by atoms with Crippen LogP contribution < -0.4 is 10.2 Å². The molecule has 6 nitrogen and oxygen atoms in total. The number of carbonyl (C=O) groups is 3. The molecule has 0 spiro atoms. The van der Waals surface area contributed by atoms with Gasteiger partial charge in [-0.15, -0.1) is 0 Å². The molecule has 0 bridgehead atoms. The van der Waals surface area contributed by atoms with E-state index in [2.05, 4.69) is 10.2 Å². The van der Waals surface area contributed by atoms with Crippen molar-refractivity contribution in [3.63, 3.8) is 0 Å². The van der Waals surface area contributed by atoms with Crippen LogP contribution in [-0.2, 0) is 14.4 Å². The predicted octanol–water partition coefficient (Wildman–Crippen LogP) is 0.960. The van der Waals surface area contributed by atoms with Gasteiger partial charge in [-0.25, -0.2) is 4.39 Å². The first-order valence-corrected chi connectivity index (χ1v) is 8.10. The average molecular weight is 335 g/mol. The van der Waals surface area contributed by atoms with Gasteiger partial charge in [0, 0.05) is 38.3 Å². The molecule has 7 heteroatoms. The third-order valence-corrected chi connectivity index (χ3v) is 3.95. The third kappa shape index (κ3) is 4.78. The molecule has 2 amide bonds. The van der Waals surface area contributed by atoms with E-state index >= 15 is 0 Å². The van der Waals surface area contributed by atoms with E-state index < -0.39 is 11.7 Å². The summed E-state index contributed by atoms with van der Waals surface area (Å²) < 4.78 is 12.9. The number of hydrogen-bond acceptors (Lipinski definition) is 4. The van der Waals surface area contributed by atoms with Crippen LogP contribution in [0.25, 0.3) is 0 Å². The zero-order valence-corrected chi connectivity index (χ0v) is 13.8. The van der Waals surface area contributed by atoms with Crippen LogP contribution in [0.2, 0.25) is 0 Å². The summed E-state index contributed by atoms with van der Waals surface area (Å²) in [6, 6.07) is 6.25. The Bertz CT molecular complexity index is 596. The van der Waals surface area contributed by atoms with Gasteiger partial charge in [-0.3, -0.25) is 14.4 Å². The van der Waals surface area contributed by atoms with Crippen molar-refractivity contribution in [3.8, 4) is 0 Å². The van der Waals surface area contributed by atoms with E-state index in [9.17, 15) is 18.8 Å². The number of Topliss-reactive ketones (excluding diaryl/α,β-unsaturated/α-hetero) is 1. The van der Waals surface area contributed by atoms with Gasteiger partial charge in [0.2, 0.25) is 11.7 Å². The monoisotopic (exact) mass is 335 g/mol. The number of benzene rings is 1. The molecule has 0 aromatic heterocycles. The van der Waals surface area contributed by atoms with E-state index in [1.807, 2.05) is 6.92 Å². The van der Waals surface area contributed by atoms with Gasteiger partial charge in [-0.05, 0) is 30.7 Å². The summed E-state index contributed by atoms with van der Waals surface area (Å²) in [7, 11) is 0. The molecule has 1 aromatic carbocycles. The van der Waals surface area contributed by atoms with Crippen LogP contribution in [-0.4, -0.2) is 55.2 Å². The van der Waals surface area contributed by atoms with Crippen molar-refractivity contribution in [3.05, 3.63) is 30.1 Å². The molecule has 0 radical (unpaired) electrons. The molecule has 1 aromatic rings. The van der Waals surface area contributed by atoms with Gasteiger partial charge >= 0.3 is 0 Å². The lowest BCUT2D eigenvalue weighted by Gasteiger charge is -2.36. The van der Waals surface area contributed by atoms with E-state index in [-0.39, 0.29) is 24.7 Å². The number of hydrogen-bond donors (Lipinski definition) is 1. The molecule has 1 saturated heterocycles. The maximum absolute atomic E-state index is 12.9. The zero-order chi connectivity index (χ0) is 17.5. The highest BCUT2D eigenvalue weighted by Gasteiger charge is 2.22. The predicted molar refractivity (Wildman–Crippen MR) is 88.1 cm³/mol. The molecule has 2 rings (SSSR count). The average Bonchev–Trinajstić information content (AvgIpc) is 2.60. The lowest BCUT2D eigenvalue weighted by atomic mass is 10.2. The molecular formula is C17H22FN3O3. The van der Waals surface area contributed by atoms with Crippen LogP contribution >= 0.6 is 0 Å². The van der Waals surface area contributed by atoms with Crippen LogP contribution in [0.4, 0.5) is 10.1 Å². The van der Waals surface area contributed by atoms with Gasteiger partial charge in [0.15, 0.2) is 0 Å². The normalized spacial score (nSPS) is 14.4. The Hall–Kier alpha value is -2.44. The molecule has 0 saturated carbocycles. The lowest BCUT2D eigenvalue weighted by Crippen LogP contribution is -2.51. The van der Waals surface area contributed by atoms with Crippen LogP contribution in [0, 0.1) is 5.82 Å². The molecule has 24 heavy (non-hydrogen) atoms. The van der Waals surface area contributed by atoms with Crippen molar-refractivity contribution < 1.29 is 18.8 Å². The third-order valence-electron chi connectivity index (χ3n) is 3.95. The number of carbonyl (C=O) groups excluding carboxylic acids is 3. The first-order chi connectivity index (χ1) is 11.5. The number of piperazine rings is 1. The molecule has 1 fully saturated rings. The smallest absolute Gasteiger partial charge is 0.287 e. The Kier molecular flexibility index (Phi) is 6.28. The first-order valence-electron chi connectivity index (χ1n) is 8.10. The van der Waals surface area contributed by atoms with Gasteiger partial charge in [0.1, 0.15) is 5.82 Å². The van der Waals surface area contributed by atoms with Crippen LogP contribution in [0.3, 0.4) is 0 Å². The minimum atomic E-state index is -0.699. The SMILES string of the molecule is CCCC(=O)C(=O)NCC(=O)N1CCN(c2ccc(F)cc2)CC1. The fraction of sp³-hybridized carbons (Fsp3) is 0.471. The highest BCUT2D eigenvalue weighted by Crippen LogP contribution is 2.16. The quantitative estimate of drug-likeness (QED) is 0.786. The molecule has 130 valence electrons. The summed E-state index contributed by atoms with van der Waals surface area (Å²) in [5.74, 6) is -1.67. The standard InChI is InChI=1S/C17H22FN3O3/c1-2-3-15(22)17(24)19-12-16(23)21-10-8-20(9-11-21)14-6-4-13(18)5-7-14/h4-7H,2-3,8-12H2,1H3,(H,19,24). The Morgan fingerprint density at radius 2 is 1.71 bits per heavy atom. The number of nitrogens with one attached hydrogen (secondary N) is 1. The molecule has 0 aliphatic carbocycles. The summed E-state index contributed by atoms with van der Waals surface area (Å²) in [6.07, 6.45) is 0.794. The van der Waals surface area contributed by atoms with E-state index in [0.29, 0.717) is 32.6 Å². The fourth-order valence-electron chi connectivity index (χ4n) is 2.57. The minimum absolute atomic E-state index is 0.162. The number of nitrogens with zero attached hydrogens (tertiary/aromatic N) is 2. The number of ketones is 1.